The second kappa shape index (κ2) is 4.89. The van der Waals surface area contributed by atoms with Crippen molar-refractivity contribution in [1.82, 2.24) is 5.43 Å². The lowest BCUT2D eigenvalue weighted by Crippen LogP contribution is -2.19. The summed E-state index contributed by atoms with van der Waals surface area (Å²) in [6.45, 7) is 0.208. The van der Waals surface area contributed by atoms with Gasteiger partial charge in [-0.15, -0.1) is 0 Å². The van der Waals surface area contributed by atoms with Crippen LogP contribution in [0.4, 0.5) is 0 Å². The van der Waals surface area contributed by atoms with E-state index >= 15 is 0 Å². The number of hydrazone groups is 1. The molecule has 1 aromatic rings. The molecule has 0 aliphatic carbocycles. The van der Waals surface area contributed by atoms with Crippen LogP contribution in [0, 0.1) is 0 Å². The van der Waals surface area contributed by atoms with E-state index in [1.165, 1.54) is 0 Å². The van der Waals surface area contributed by atoms with Crippen LogP contribution in [0.15, 0.2) is 23.3 Å². The van der Waals surface area contributed by atoms with Crippen LogP contribution in [-0.2, 0) is 0 Å². The number of carbonyl (C=O) groups is 1. The molecule has 2 aliphatic rings. The zero-order valence-corrected chi connectivity index (χ0v) is 10.5. The van der Waals surface area contributed by atoms with Crippen molar-refractivity contribution >= 4 is 23.4 Å². The van der Waals surface area contributed by atoms with Crippen LogP contribution in [0.3, 0.4) is 0 Å². The third-order valence-electron chi connectivity index (χ3n) is 2.75. The van der Waals surface area contributed by atoms with Crippen molar-refractivity contribution in [3.8, 4) is 11.5 Å². The van der Waals surface area contributed by atoms with Crippen molar-refractivity contribution < 1.29 is 14.3 Å². The first-order chi connectivity index (χ1) is 8.83. The van der Waals surface area contributed by atoms with Crippen LogP contribution < -0.4 is 14.9 Å². The van der Waals surface area contributed by atoms with E-state index in [2.05, 4.69) is 10.5 Å². The summed E-state index contributed by atoms with van der Waals surface area (Å²) >= 11 is 1.83. The molecule has 2 aliphatic heterocycles. The molecule has 6 heteroatoms. The Balaban J connectivity index is 1.70. The maximum atomic E-state index is 11.9. The molecule has 0 atom stereocenters. The molecule has 1 aromatic carbocycles. The molecule has 1 saturated heterocycles. The number of rotatable bonds is 2. The minimum absolute atomic E-state index is 0.208. The van der Waals surface area contributed by atoms with Crippen LogP contribution >= 0.6 is 11.8 Å². The zero-order chi connectivity index (χ0) is 12.4. The number of carbonyl (C=O) groups excluding carboxylic acids is 1. The summed E-state index contributed by atoms with van der Waals surface area (Å²) in [5.74, 6) is 3.04. The minimum Gasteiger partial charge on any atom is -0.454 e. The van der Waals surface area contributed by atoms with E-state index in [-0.39, 0.29) is 12.7 Å². The number of nitrogens with one attached hydrogen (secondary N) is 1. The van der Waals surface area contributed by atoms with E-state index < -0.39 is 0 Å². The van der Waals surface area contributed by atoms with Gasteiger partial charge in [0.2, 0.25) is 6.79 Å². The summed E-state index contributed by atoms with van der Waals surface area (Å²) in [5, 5.41) is 4.12. The molecule has 18 heavy (non-hydrogen) atoms. The van der Waals surface area contributed by atoms with Gasteiger partial charge in [-0.2, -0.15) is 16.9 Å². The first-order valence-corrected chi connectivity index (χ1v) is 6.81. The lowest BCUT2D eigenvalue weighted by Gasteiger charge is -2.02. The number of thioether (sulfide) groups is 1. The summed E-state index contributed by atoms with van der Waals surface area (Å²) in [5.41, 5.74) is 4.13. The molecule has 5 nitrogen and oxygen atoms in total. The summed E-state index contributed by atoms with van der Waals surface area (Å²) in [7, 11) is 0. The Morgan fingerprint density at radius 2 is 2.22 bits per heavy atom. The van der Waals surface area contributed by atoms with Gasteiger partial charge in [0.05, 0.1) is 0 Å². The fourth-order valence-electron chi connectivity index (χ4n) is 1.77. The van der Waals surface area contributed by atoms with Gasteiger partial charge in [0.1, 0.15) is 0 Å². The third kappa shape index (κ3) is 2.28. The Morgan fingerprint density at radius 3 is 3.06 bits per heavy atom. The Kier molecular flexibility index (Phi) is 3.10. The van der Waals surface area contributed by atoms with Gasteiger partial charge in [-0.05, 0) is 30.4 Å². The molecular formula is C12H12N2O3S. The summed E-state index contributed by atoms with van der Waals surface area (Å²) in [6.07, 6.45) is 0.950. The fraction of sp³-hybridized carbons (Fsp3) is 0.333. The Hall–Kier alpha value is -1.69. The van der Waals surface area contributed by atoms with Crippen LogP contribution in [0.1, 0.15) is 16.8 Å². The van der Waals surface area contributed by atoms with Crippen molar-refractivity contribution in [3.05, 3.63) is 23.8 Å². The molecule has 2 heterocycles. The minimum atomic E-state index is -0.224. The molecule has 94 valence electrons. The largest absolute Gasteiger partial charge is 0.454 e. The molecule has 0 spiro atoms. The standard InChI is InChI=1S/C12H12N2O3S/c15-12(14-13-9-3-4-18-6-9)8-1-2-10-11(5-8)17-7-16-10/h1-2,5H,3-4,6-7H2,(H,14,15)/b13-9+. The maximum Gasteiger partial charge on any atom is 0.271 e. The second-order valence-corrected chi connectivity index (χ2v) is 5.09. The van der Waals surface area contributed by atoms with Gasteiger partial charge < -0.3 is 9.47 Å². The predicted molar refractivity (Wildman–Crippen MR) is 69.4 cm³/mol. The zero-order valence-electron chi connectivity index (χ0n) is 9.64. The lowest BCUT2D eigenvalue weighted by atomic mass is 10.2. The number of hydrogen-bond acceptors (Lipinski definition) is 5. The Labute approximate surface area is 109 Å². The molecule has 1 N–H and O–H groups in total. The van der Waals surface area contributed by atoms with Crippen molar-refractivity contribution in [2.45, 2.75) is 6.42 Å². The third-order valence-corrected chi connectivity index (χ3v) is 3.78. The molecule has 0 unspecified atom stereocenters. The van der Waals surface area contributed by atoms with Gasteiger partial charge in [0.15, 0.2) is 11.5 Å². The highest BCUT2D eigenvalue weighted by Crippen LogP contribution is 2.32. The normalized spacial score (nSPS) is 19.2. The average molecular weight is 264 g/mol. The number of amides is 1. The molecule has 1 fully saturated rings. The number of nitrogens with zero attached hydrogens (tertiary/aromatic N) is 1. The van der Waals surface area contributed by atoms with Crippen molar-refractivity contribution in [2.75, 3.05) is 18.3 Å². The first-order valence-electron chi connectivity index (χ1n) is 5.66. The smallest absolute Gasteiger partial charge is 0.271 e. The highest BCUT2D eigenvalue weighted by atomic mass is 32.2. The van der Waals surface area contributed by atoms with Gasteiger partial charge in [-0.25, -0.2) is 5.43 Å². The second-order valence-electron chi connectivity index (χ2n) is 3.99. The predicted octanol–water partition coefficient (Wildman–Crippen LogP) is 1.64. The first kappa shape index (κ1) is 11.4. The Bertz CT molecular complexity index is 508. The summed E-state index contributed by atoms with van der Waals surface area (Å²) in [6, 6.07) is 5.10. The van der Waals surface area contributed by atoms with E-state index in [0.29, 0.717) is 17.1 Å². The van der Waals surface area contributed by atoms with Crippen molar-refractivity contribution in [1.29, 1.82) is 0 Å². The molecule has 0 aromatic heterocycles. The Morgan fingerprint density at radius 1 is 1.33 bits per heavy atom. The van der Waals surface area contributed by atoms with Crippen molar-refractivity contribution in [3.63, 3.8) is 0 Å². The number of benzene rings is 1. The average Bonchev–Trinajstić information content (AvgIpc) is 3.05. The van der Waals surface area contributed by atoms with Crippen molar-refractivity contribution in [2.24, 2.45) is 5.10 Å². The topological polar surface area (TPSA) is 59.9 Å². The molecule has 0 radical (unpaired) electrons. The molecular weight excluding hydrogens is 252 g/mol. The van der Waals surface area contributed by atoms with E-state index in [1.54, 1.807) is 18.2 Å². The monoisotopic (exact) mass is 264 g/mol. The van der Waals surface area contributed by atoms with E-state index in [1.807, 2.05) is 11.8 Å². The van der Waals surface area contributed by atoms with E-state index in [0.717, 1.165) is 23.6 Å². The molecule has 0 saturated carbocycles. The van der Waals surface area contributed by atoms with Crippen LogP contribution in [0.5, 0.6) is 11.5 Å². The van der Waals surface area contributed by atoms with Gasteiger partial charge >= 0.3 is 0 Å². The summed E-state index contributed by atoms with van der Waals surface area (Å²) in [4.78, 5) is 11.9. The highest BCUT2D eigenvalue weighted by molar-refractivity contribution is 8.00. The molecule has 1 amide bonds. The SMILES string of the molecule is O=C(N/N=C1\CCSC1)c1ccc2c(c1)OCO2. The number of ether oxygens (including phenoxy) is 2. The fourth-order valence-corrected chi connectivity index (χ4v) is 2.74. The van der Waals surface area contributed by atoms with E-state index in [4.69, 9.17) is 9.47 Å². The maximum absolute atomic E-state index is 11.9. The van der Waals surface area contributed by atoms with Crippen LogP contribution in [-0.4, -0.2) is 29.9 Å². The van der Waals surface area contributed by atoms with Gasteiger partial charge in [-0.1, -0.05) is 0 Å². The lowest BCUT2D eigenvalue weighted by molar-refractivity contribution is 0.0954. The number of hydrogen-bond donors (Lipinski definition) is 1. The molecule has 0 bridgehead atoms. The summed E-state index contributed by atoms with van der Waals surface area (Å²) < 4.78 is 10.4. The highest BCUT2D eigenvalue weighted by Gasteiger charge is 2.16. The quantitative estimate of drug-likeness (QED) is 0.825. The van der Waals surface area contributed by atoms with Crippen LogP contribution in [0.25, 0.3) is 0 Å². The number of fused-ring (bicyclic) bond motifs is 1. The van der Waals surface area contributed by atoms with Gasteiger partial charge in [0.25, 0.3) is 5.91 Å². The van der Waals surface area contributed by atoms with E-state index in [9.17, 15) is 4.79 Å². The van der Waals surface area contributed by atoms with Gasteiger partial charge in [-0.3, -0.25) is 4.79 Å². The van der Waals surface area contributed by atoms with Gasteiger partial charge in [0, 0.05) is 17.0 Å². The molecule has 3 rings (SSSR count). The van der Waals surface area contributed by atoms with Crippen LogP contribution in [0.2, 0.25) is 0 Å².